The van der Waals surface area contributed by atoms with Crippen molar-refractivity contribution in [1.29, 1.82) is 0 Å². The Hall–Kier alpha value is -1.43. The van der Waals surface area contributed by atoms with Crippen LogP contribution in [-0.4, -0.2) is 16.0 Å². The third-order valence-electron chi connectivity index (χ3n) is 1.49. The molecule has 0 fully saturated rings. The Bertz CT molecular complexity index is 384. The number of primary amides is 1. The van der Waals surface area contributed by atoms with Gasteiger partial charge >= 0.3 is 0 Å². The van der Waals surface area contributed by atoms with Gasteiger partial charge in [-0.1, -0.05) is 11.6 Å². The predicted molar refractivity (Wildman–Crippen MR) is 44.4 cm³/mol. The number of alkyl halides is 2. The molecule has 0 unspecified atom stereocenters. The average molecular weight is 223 g/mol. The highest BCUT2D eigenvalue weighted by molar-refractivity contribution is 6.33. The van der Waals surface area contributed by atoms with Gasteiger partial charge in [-0.3, -0.25) is 4.79 Å². The molecule has 0 aliphatic carbocycles. The van der Waals surface area contributed by atoms with Gasteiger partial charge in [0.15, 0.2) is 11.4 Å². The van der Waals surface area contributed by atoms with Crippen molar-refractivity contribution >= 4 is 17.5 Å². The van der Waals surface area contributed by atoms with Gasteiger partial charge in [0.1, 0.15) is 0 Å². The number of halogens is 3. The van der Waals surface area contributed by atoms with E-state index in [2.05, 4.69) is 4.98 Å². The SMILES string of the molecule is NC(=O)c1ncc(C(F)F)c(Cl)c1O. The van der Waals surface area contributed by atoms with Crippen LogP contribution < -0.4 is 5.73 Å². The molecule has 0 aliphatic rings. The lowest BCUT2D eigenvalue weighted by molar-refractivity contribution is 0.0991. The largest absolute Gasteiger partial charge is 0.504 e. The van der Waals surface area contributed by atoms with E-state index in [-0.39, 0.29) is 0 Å². The van der Waals surface area contributed by atoms with Gasteiger partial charge in [0.25, 0.3) is 12.3 Å². The Kier molecular flexibility index (Phi) is 2.85. The molecule has 76 valence electrons. The summed E-state index contributed by atoms with van der Waals surface area (Å²) in [6.45, 7) is 0. The number of carbonyl (C=O) groups excluding carboxylic acids is 1. The molecule has 0 bridgehead atoms. The van der Waals surface area contributed by atoms with Gasteiger partial charge in [0.05, 0.1) is 10.6 Å². The monoisotopic (exact) mass is 222 g/mol. The number of aromatic hydroxyl groups is 1. The van der Waals surface area contributed by atoms with E-state index in [0.717, 1.165) is 0 Å². The van der Waals surface area contributed by atoms with E-state index in [1.54, 1.807) is 0 Å². The van der Waals surface area contributed by atoms with Crippen LogP contribution in [0.5, 0.6) is 5.75 Å². The van der Waals surface area contributed by atoms with Crippen molar-refractivity contribution in [2.24, 2.45) is 5.73 Å². The summed E-state index contributed by atoms with van der Waals surface area (Å²) in [4.78, 5) is 13.9. The molecule has 7 heteroatoms. The number of amides is 1. The molecule has 0 spiro atoms. The van der Waals surface area contributed by atoms with Crippen LogP contribution in [-0.2, 0) is 0 Å². The second-order valence-electron chi connectivity index (χ2n) is 2.39. The van der Waals surface area contributed by atoms with Gasteiger partial charge < -0.3 is 10.8 Å². The van der Waals surface area contributed by atoms with Crippen molar-refractivity contribution in [2.45, 2.75) is 6.43 Å². The van der Waals surface area contributed by atoms with Crippen LogP contribution in [0.3, 0.4) is 0 Å². The van der Waals surface area contributed by atoms with E-state index >= 15 is 0 Å². The van der Waals surface area contributed by atoms with Gasteiger partial charge in [-0.05, 0) is 0 Å². The molecule has 0 aliphatic heterocycles. The summed E-state index contributed by atoms with van der Waals surface area (Å²) >= 11 is 5.36. The summed E-state index contributed by atoms with van der Waals surface area (Å²) in [5.74, 6) is -1.86. The fourth-order valence-corrected chi connectivity index (χ4v) is 1.05. The quantitative estimate of drug-likeness (QED) is 0.796. The molecule has 1 aromatic rings. The Morgan fingerprint density at radius 1 is 1.64 bits per heavy atom. The first-order chi connectivity index (χ1) is 6.45. The van der Waals surface area contributed by atoms with Crippen molar-refractivity contribution in [1.82, 2.24) is 4.98 Å². The van der Waals surface area contributed by atoms with Gasteiger partial charge in [-0.15, -0.1) is 0 Å². The maximum absolute atomic E-state index is 12.2. The number of nitrogens with two attached hydrogens (primary N) is 1. The van der Waals surface area contributed by atoms with Crippen molar-refractivity contribution in [3.8, 4) is 5.75 Å². The van der Waals surface area contributed by atoms with Crippen molar-refractivity contribution in [3.63, 3.8) is 0 Å². The number of nitrogens with zero attached hydrogens (tertiary/aromatic N) is 1. The molecule has 0 aromatic carbocycles. The zero-order valence-corrected chi connectivity index (χ0v) is 7.42. The molecule has 14 heavy (non-hydrogen) atoms. The first-order valence-corrected chi connectivity index (χ1v) is 3.78. The lowest BCUT2D eigenvalue weighted by Crippen LogP contribution is -2.13. The van der Waals surface area contributed by atoms with Crippen LogP contribution >= 0.6 is 11.6 Å². The first kappa shape index (κ1) is 10.6. The van der Waals surface area contributed by atoms with Crippen LogP contribution in [0.1, 0.15) is 22.5 Å². The first-order valence-electron chi connectivity index (χ1n) is 3.40. The molecular weight excluding hydrogens is 218 g/mol. The number of aromatic nitrogens is 1. The Labute approximate surface area is 82.3 Å². The normalized spacial score (nSPS) is 10.6. The summed E-state index contributed by atoms with van der Waals surface area (Å²) in [6.07, 6.45) is -2.17. The molecule has 4 nitrogen and oxygen atoms in total. The standard InChI is InChI=1S/C7H5ClF2N2O2/c8-3-2(6(9)10)1-12-4(5(3)13)7(11)14/h1,6,13H,(H2,11,14). The lowest BCUT2D eigenvalue weighted by Gasteiger charge is -2.06. The highest BCUT2D eigenvalue weighted by Crippen LogP contribution is 2.34. The minimum absolute atomic E-state index is 0.528. The summed E-state index contributed by atoms with van der Waals surface area (Å²) in [6, 6.07) is 0. The second-order valence-corrected chi connectivity index (χ2v) is 2.77. The van der Waals surface area contributed by atoms with E-state index in [4.69, 9.17) is 22.4 Å². The smallest absolute Gasteiger partial charge is 0.271 e. The highest BCUT2D eigenvalue weighted by Gasteiger charge is 2.20. The lowest BCUT2D eigenvalue weighted by atomic mass is 10.2. The molecular formula is C7H5ClF2N2O2. The van der Waals surface area contributed by atoms with Gasteiger partial charge in [0.2, 0.25) is 0 Å². The van der Waals surface area contributed by atoms with Crippen molar-refractivity contribution in [3.05, 3.63) is 22.5 Å². The maximum atomic E-state index is 12.2. The molecule has 3 N–H and O–H groups in total. The fourth-order valence-electron chi connectivity index (χ4n) is 0.825. The maximum Gasteiger partial charge on any atom is 0.271 e. The summed E-state index contributed by atoms with van der Waals surface area (Å²) in [5, 5.41) is 8.56. The number of rotatable bonds is 2. The summed E-state index contributed by atoms with van der Waals surface area (Å²) < 4.78 is 24.4. The van der Waals surface area contributed by atoms with Gasteiger partial charge in [0, 0.05) is 6.20 Å². The molecule has 0 saturated carbocycles. The summed E-state index contributed by atoms with van der Waals surface area (Å²) in [5.41, 5.74) is 3.63. The predicted octanol–water partition coefficient (Wildman–Crippen LogP) is 1.48. The van der Waals surface area contributed by atoms with Crippen LogP contribution in [0, 0.1) is 0 Å². The van der Waals surface area contributed by atoms with Gasteiger partial charge in [-0.25, -0.2) is 13.8 Å². The van der Waals surface area contributed by atoms with E-state index in [1.807, 2.05) is 0 Å². The zero-order valence-electron chi connectivity index (χ0n) is 6.67. The summed E-state index contributed by atoms with van der Waals surface area (Å²) in [7, 11) is 0. The van der Waals surface area contributed by atoms with Crippen LogP contribution in [0.15, 0.2) is 6.20 Å². The average Bonchev–Trinajstić information content (AvgIpc) is 2.08. The van der Waals surface area contributed by atoms with Crippen LogP contribution in [0.4, 0.5) is 8.78 Å². The van der Waals surface area contributed by atoms with Crippen LogP contribution in [0.2, 0.25) is 5.02 Å². The molecule has 0 radical (unpaired) electrons. The zero-order chi connectivity index (χ0) is 10.9. The topological polar surface area (TPSA) is 76.2 Å². The third kappa shape index (κ3) is 1.74. The minimum atomic E-state index is -2.87. The number of carbonyl (C=O) groups is 1. The number of pyridine rings is 1. The fraction of sp³-hybridized carbons (Fsp3) is 0.143. The number of hydrogen-bond donors (Lipinski definition) is 2. The Morgan fingerprint density at radius 3 is 2.64 bits per heavy atom. The van der Waals surface area contributed by atoms with Crippen molar-refractivity contribution < 1.29 is 18.7 Å². The molecule has 1 amide bonds. The van der Waals surface area contributed by atoms with Gasteiger partial charge in [-0.2, -0.15) is 0 Å². The van der Waals surface area contributed by atoms with E-state index in [1.165, 1.54) is 0 Å². The van der Waals surface area contributed by atoms with E-state index in [0.29, 0.717) is 6.20 Å². The highest BCUT2D eigenvalue weighted by atomic mass is 35.5. The van der Waals surface area contributed by atoms with Crippen molar-refractivity contribution in [2.75, 3.05) is 0 Å². The third-order valence-corrected chi connectivity index (χ3v) is 1.88. The van der Waals surface area contributed by atoms with E-state index < -0.39 is 34.4 Å². The number of hydrogen-bond acceptors (Lipinski definition) is 3. The second kappa shape index (κ2) is 3.75. The van der Waals surface area contributed by atoms with Crippen LogP contribution in [0.25, 0.3) is 0 Å². The van der Waals surface area contributed by atoms with E-state index in [9.17, 15) is 13.6 Å². The Balaban J connectivity index is 3.33. The molecule has 1 heterocycles. The Morgan fingerprint density at radius 2 is 2.21 bits per heavy atom. The molecule has 0 atom stereocenters. The molecule has 1 aromatic heterocycles. The molecule has 0 saturated heterocycles. The minimum Gasteiger partial charge on any atom is -0.504 e. The molecule has 1 rings (SSSR count).